The summed E-state index contributed by atoms with van der Waals surface area (Å²) in [5.74, 6) is -3.86. The zero-order chi connectivity index (χ0) is 12.4. The summed E-state index contributed by atoms with van der Waals surface area (Å²) in [4.78, 5) is 3.84. The maximum absolute atomic E-state index is 13.4. The fourth-order valence-electron chi connectivity index (χ4n) is 1.49. The second kappa shape index (κ2) is 4.45. The molecule has 17 heavy (non-hydrogen) atoms. The van der Waals surface area contributed by atoms with Gasteiger partial charge in [-0.05, 0) is 23.3 Å². The summed E-state index contributed by atoms with van der Waals surface area (Å²) >= 11 is 0. The predicted octanol–water partition coefficient (Wildman–Crippen LogP) is 2.67. The Bertz CT molecular complexity index is 555. The molecule has 0 saturated heterocycles. The highest BCUT2D eigenvalue weighted by Crippen LogP contribution is 2.20. The zero-order valence-electron chi connectivity index (χ0n) is 8.75. The maximum Gasteiger partial charge on any atom is 0.194 e. The zero-order valence-corrected chi connectivity index (χ0v) is 8.75. The predicted molar refractivity (Wildman–Crippen MR) is 57.8 cm³/mol. The fraction of sp³-hybridized carbons (Fsp3) is 0.0833. The van der Waals surface area contributed by atoms with Crippen LogP contribution in [0.15, 0.2) is 30.6 Å². The van der Waals surface area contributed by atoms with E-state index >= 15 is 0 Å². The van der Waals surface area contributed by atoms with E-state index in [1.54, 1.807) is 6.07 Å². The van der Waals surface area contributed by atoms with Crippen LogP contribution in [0.3, 0.4) is 0 Å². The van der Waals surface area contributed by atoms with E-state index in [-0.39, 0.29) is 12.0 Å². The Balaban J connectivity index is 2.38. The topological polar surface area (TPSA) is 38.9 Å². The number of benzene rings is 1. The Morgan fingerprint density at radius 3 is 2.47 bits per heavy atom. The van der Waals surface area contributed by atoms with Gasteiger partial charge >= 0.3 is 0 Å². The van der Waals surface area contributed by atoms with Crippen molar-refractivity contribution < 1.29 is 13.2 Å². The number of anilines is 1. The quantitative estimate of drug-likeness (QED) is 0.817. The molecule has 0 atom stereocenters. The SMILES string of the molecule is Nc1ccncc1Cc1ccc(F)c(F)c1F. The van der Waals surface area contributed by atoms with E-state index in [2.05, 4.69) is 4.98 Å². The molecule has 2 rings (SSSR count). The van der Waals surface area contributed by atoms with Gasteiger partial charge in [-0.3, -0.25) is 4.98 Å². The Labute approximate surface area is 95.9 Å². The number of nitrogen functional groups attached to an aromatic ring is 1. The molecule has 0 radical (unpaired) electrons. The van der Waals surface area contributed by atoms with Crippen molar-refractivity contribution in [2.75, 3.05) is 5.73 Å². The number of halogens is 3. The van der Waals surface area contributed by atoms with Crippen molar-refractivity contribution >= 4 is 5.69 Å². The number of aromatic nitrogens is 1. The van der Waals surface area contributed by atoms with Crippen LogP contribution in [-0.4, -0.2) is 4.98 Å². The average Bonchev–Trinajstić information content (AvgIpc) is 2.32. The largest absolute Gasteiger partial charge is 0.398 e. The van der Waals surface area contributed by atoms with Gasteiger partial charge in [-0.1, -0.05) is 6.07 Å². The van der Waals surface area contributed by atoms with Crippen molar-refractivity contribution in [1.29, 1.82) is 0 Å². The molecular formula is C12H9F3N2. The Hall–Kier alpha value is -2.04. The molecule has 2 nitrogen and oxygen atoms in total. The smallest absolute Gasteiger partial charge is 0.194 e. The highest BCUT2D eigenvalue weighted by atomic mass is 19.2. The van der Waals surface area contributed by atoms with Gasteiger partial charge in [0.05, 0.1) is 0 Å². The summed E-state index contributed by atoms with van der Waals surface area (Å²) < 4.78 is 39.1. The van der Waals surface area contributed by atoms with Crippen molar-refractivity contribution in [1.82, 2.24) is 4.98 Å². The molecule has 1 aromatic heterocycles. The lowest BCUT2D eigenvalue weighted by Crippen LogP contribution is -2.01. The van der Waals surface area contributed by atoms with Gasteiger partial charge in [0, 0.05) is 24.5 Å². The Kier molecular flexibility index (Phi) is 2.99. The van der Waals surface area contributed by atoms with Crippen LogP contribution >= 0.6 is 0 Å². The van der Waals surface area contributed by atoms with Gasteiger partial charge in [-0.15, -0.1) is 0 Å². The van der Waals surface area contributed by atoms with Crippen LogP contribution in [0.25, 0.3) is 0 Å². The standard InChI is InChI=1S/C12H9F3N2/c13-9-2-1-7(11(14)12(9)15)5-8-6-17-4-3-10(8)16/h1-4,6H,5H2,(H2,16,17). The minimum atomic E-state index is -1.47. The molecule has 0 fully saturated rings. The van der Waals surface area contributed by atoms with Gasteiger partial charge in [0.15, 0.2) is 17.5 Å². The second-order valence-electron chi connectivity index (χ2n) is 3.59. The highest BCUT2D eigenvalue weighted by Gasteiger charge is 2.14. The lowest BCUT2D eigenvalue weighted by Gasteiger charge is -2.06. The minimum Gasteiger partial charge on any atom is -0.398 e. The molecule has 0 bridgehead atoms. The van der Waals surface area contributed by atoms with E-state index in [9.17, 15) is 13.2 Å². The van der Waals surface area contributed by atoms with Crippen LogP contribution in [0.4, 0.5) is 18.9 Å². The number of nitrogens with zero attached hydrogens (tertiary/aromatic N) is 1. The first-order valence-corrected chi connectivity index (χ1v) is 4.90. The first-order valence-electron chi connectivity index (χ1n) is 4.90. The molecule has 0 saturated carbocycles. The first-order chi connectivity index (χ1) is 8.09. The summed E-state index contributed by atoms with van der Waals surface area (Å²) in [6, 6.07) is 3.65. The summed E-state index contributed by atoms with van der Waals surface area (Å²) in [5, 5.41) is 0. The van der Waals surface area contributed by atoms with Crippen molar-refractivity contribution in [3.63, 3.8) is 0 Å². The van der Waals surface area contributed by atoms with E-state index in [1.807, 2.05) is 0 Å². The summed E-state index contributed by atoms with van der Waals surface area (Å²) in [7, 11) is 0. The maximum atomic E-state index is 13.4. The molecule has 0 aliphatic carbocycles. The molecule has 1 heterocycles. The lowest BCUT2D eigenvalue weighted by atomic mass is 10.0. The van der Waals surface area contributed by atoms with Crippen LogP contribution in [0.5, 0.6) is 0 Å². The number of hydrogen-bond acceptors (Lipinski definition) is 2. The van der Waals surface area contributed by atoms with Gasteiger partial charge in [-0.25, -0.2) is 13.2 Å². The number of nitrogens with two attached hydrogens (primary N) is 1. The average molecular weight is 238 g/mol. The number of rotatable bonds is 2. The van der Waals surface area contributed by atoms with Crippen molar-refractivity contribution in [3.05, 3.63) is 59.2 Å². The van der Waals surface area contributed by atoms with E-state index in [4.69, 9.17) is 5.73 Å². The molecule has 0 aliphatic rings. The van der Waals surface area contributed by atoms with Crippen LogP contribution < -0.4 is 5.73 Å². The molecular weight excluding hydrogens is 229 g/mol. The third-order valence-corrected chi connectivity index (χ3v) is 2.44. The molecule has 0 aliphatic heterocycles. The summed E-state index contributed by atoms with van der Waals surface area (Å²) in [6.07, 6.45) is 3.04. The van der Waals surface area contributed by atoms with Crippen LogP contribution in [0.1, 0.15) is 11.1 Å². The van der Waals surface area contributed by atoms with Crippen molar-refractivity contribution in [2.24, 2.45) is 0 Å². The van der Waals surface area contributed by atoms with Crippen LogP contribution in [0, 0.1) is 17.5 Å². The van der Waals surface area contributed by atoms with Gasteiger partial charge in [0.2, 0.25) is 0 Å². The van der Waals surface area contributed by atoms with Crippen molar-refractivity contribution in [3.8, 4) is 0 Å². The van der Waals surface area contributed by atoms with Crippen LogP contribution in [0.2, 0.25) is 0 Å². The second-order valence-corrected chi connectivity index (χ2v) is 3.59. The molecule has 5 heteroatoms. The number of hydrogen-bond donors (Lipinski definition) is 1. The molecule has 88 valence electrons. The monoisotopic (exact) mass is 238 g/mol. The van der Waals surface area contributed by atoms with Gasteiger partial charge in [0.1, 0.15) is 0 Å². The fourth-order valence-corrected chi connectivity index (χ4v) is 1.49. The summed E-state index contributed by atoms with van der Waals surface area (Å²) in [5.41, 5.74) is 6.70. The molecule has 1 aromatic carbocycles. The van der Waals surface area contributed by atoms with E-state index < -0.39 is 17.5 Å². The Morgan fingerprint density at radius 2 is 1.76 bits per heavy atom. The van der Waals surface area contributed by atoms with Gasteiger partial charge < -0.3 is 5.73 Å². The van der Waals surface area contributed by atoms with Crippen LogP contribution in [-0.2, 0) is 6.42 Å². The first kappa shape index (κ1) is 11.4. The number of pyridine rings is 1. The summed E-state index contributed by atoms with van der Waals surface area (Å²) in [6.45, 7) is 0. The van der Waals surface area contributed by atoms with Gasteiger partial charge in [-0.2, -0.15) is 0 Å². The molecule has 0 amide bonds. The minimum absolute atomic E-state index is 0.0450. The van der Waals surface area contributed by atoms with E-state index in [1.165, 1.54) is 18.5 Å². The molecule has 2 N–H and O–H groups in total. The normalized spacial score (nSPS) is 10.5. The van der Waals surface area contributed by atoms with E-state index in [0.717, 1.165) is 6.07 Å². The third kappa shape index (κ3) is 2.22. The molecule has 0 spiro atoms. The third-order valence-electron chi connectivity index (χ3n) is 2.44. The van der Waals surface area contributed by atoms with Crippen molar-refractivity contribution in [2.45, 2.75) is 6.42 Å². The lowest BCUT2D eigenvalue weighted by molar-refractivity contribution is 0.442. The highest BCUT2D eigenvalue weighted by molar-refractivity contribution is 5.46. The van der Waals surface area contributed by atoms with Gasteiger partial charge in [0.25, 0.3) is 0 Å². The molecule has 0 unspecified atom stereocenters. The molecule has 2 aromatic rings. The van der Waals surface area contributed by atoms with E-state index in [0.29, 0.717) is 11.3 Å². The Morgan fingerprint density at radius 1 is 1.00 bits per heavy atom.